The Morgan fingerprint density at radius 1 is 1.62 bits per heavy atom. The number of aliphatic imine (C=N–C) groups is 1. The van der Waals surface area contributed by atoms with Crippen molar-refractivity contribution < 1.29 is 18.4 Å². The Kier molecular flexibility index (Phi) is 2.72. The van der Waals surface area contributed by atoms with Gasteiger partial charge in [-0.2, -0.15) is 4.99 Å². The lowest BCUT2D eigenvalue weighted by Gasteiger charge is -2.29. The molecule has 1 N–H and O–H groups in total. The fourth-order valence-corrected chi connectivity index (χ4v) is 1.27. The summed E-state index contributed by atoms with van der Waals surface area (Å²) in [5.74, 6) is -0.892. The van der Waals surface area contributed by atoms with Crippen molar-refractivity contribution >= 4 is 12.0 Å². The molecule has 1 heterocycles. The predicted molar refractivity (Wildman–Crippen MR) is 39.1 cm³/mol. The zero-order chi connectivity index (χ0) is 9.90. The number of nitrogens with one attached hydrogen (secondary N) is 1. The van der Waals surface area contributed by atoms with E-state index in [0.717, 1.165) is 6.08 Å². The molecule has 1 atom stereocenters. The van der Waals surface area contributed by atoms with Crippen LogP contribution in [0.1, 0.15) is 12.8 Å². The van der Waals surface area contributed by atoms with Gasteiger partial charge in [-0.3, -0.25) is 4.79 Å². The maximum atomic E-state index is 12.5. The summed E-state index contributed by atoms with van der Waals surface area (Å²) in [4.78, 5) is 23.9. The van der Waals surface area contributed by atoms with Crippen molar-refractivity contribution in [1.82, 2.24) is 5.32 Å². The van der Waals surface area contributed by atoms with Crippen molar-refractivity contribution in [1.29, 1.82) is 0 Å². The van der Waals surface area contributed by atoms with Crippen LogP contribution in [-0.2, 0) is 9.59 Å². The largest absolute Gasteiger partial charge is 0.354 e. The third-order valence-electron chi connectivity index (χ3n) is 2.02. The van der Waals surface area contributed by atoms with Gasteiger partial charge in [0.05, 0.1) is 0 Å². The summed E-state index contributed by atoms with van der Waals surface area (Å²) in [7, 11) is 0. The van der Waals surface area contributed by atoms with Gasteiger partial charge < -0.3 is 5.32 Å². The van der Waals surface area contributed by atoms with E-state index in [1.807, 2.05) is 0 Å². The SMILES string of the molecule is O=C=NC1(C(F)F)CCCNC1=O. The van der Waals surface area contributed by atoms with Crippen molar-refractivity contribution in [2.45, 2.75) is 24.8 Å². The second kappa shape index (κ2) is 3.62. The highest BCUT2D eigenvalue weighted by atomic mass is 19.3. The third-order valence-corrected chi connectivity index (χ3v) is 2.02. The lowest BCUT2D eigenvalue weighted by molar-refractivity contribution is -0.134. The first-order chi connectivity index (χ1) is 6.13. The number of carbonyl (C=O) groups is 1. The first kappa shape index (κ1) is 9.80. The second-order valence-corrected chi connectivity index (χ2v) is 2.79. The minimum Gasteiger partial charge on any atom is -0.354 e. The van der Waals surface area contributed by atoms with Crippen molar-refractivity contribution in [3.05, 3.63) is 0 Å². The van der Waals surface area contributed by atoms with Gasteiger partial charge in [-0.15, -0.1) is 0 Å². The molecule has 72 valence electrons. The van der Waals surface area contributed by atoms with Gasteiger partial charge in [-0.25, -0.2) is 13.6 Å². The van der Waals surface area contributed by atoms with Crippen molar-refractivity contribution in [3.63, 3.8) is 0 Å². The smallest absolute Gasteiger partial charge is 0.273 e. The van der Waals surface area contributed by atoms with Crippen LogP contribution in [0.3, 0.4) is 0 Å². The van der Waals surface area contributed by atoms with Crippen LogP contribution in [0.5, 0.6) is 0 Å². The van der Waals surface area contributed by atoms with E-state index in [4.69, 9.17) is 0 Å². The van der Waals surface area contributed by atoms with Crippen molar-refractivity contribution in [3.8, 4) is 0 Å². The number of amides is 1. The summed E-state index contributed by atoms with van der Waals surface area (Å²) < 4.78 is 25.0. The molecule has 0 aliphatic carbocycles. The maximum Gasteiger partial charge on any atom is 0.273 e. The summed E-state index contributed by atoms with van der Waals surface area (Å²) in [6.45, 7) is 0.349. The van der Waals surface area contributed by atoms with E-state index in [1.54, 1.807) is 0 Å². The van der Waals surface area contributed by atoms with Gasteiger partial charge >= 0.3 is 0 Å². The Balaban J connectivity index is 2.99. The molecule has 1 aliphatic heterocycles. The van der Waals surface area contributed by atoms with E-state index >= 15 is 0 Å². The molecule has 1 amide bonds. The van der Waals surface area contributed by atoms with E-state index < -0.39 is 17.9 Å². The van der Waals surface area contributed by atoms with Gasteiger partial charge in [0.15, 0.2) is 0 Å². The average Bonchev–Trinajstić information content (AvgIpc) is 2.09. The van der Waals surface area contributed by atoms with Crippen LogP contribution < -0.4 is 5.32 Å². The Hall–Kier alpha value is -1.29. The molecule has 0 aromatic rings. The number of isocyanates is 1. The van der Waals surface area contributed by atoms with Crippen LogP contribution in [0, 0.1) is 0 Å². The molecule has 0 bridgehead atoms. The van der Waals surface area contributed by atoms with E-state index in [1.165, 1.54) is 0 Å². The number of rotatable bonds is 2. The molecular formula is C7H8F2N2O2. The lowest BCUT2D eigenvalue weighted by Crippen LogP contribution is -2.54. The topological polar surface area (TPSA) is 58.5 Å². The monoisotopic (exact) mass is 190 g/mol. The van der Waals surface area contributed by atoms with Gasteiger partial charge in [0.1, 0.15) is 0 Å². The normalized spacial score (nSPS) is 28.1. The van der Waals surface area contributed by atoms with E-state index in [9.17, 15) is 18.4 Å². The molecule has 4 nitrogen and oxygen atoms in total. The number of carbonyl (C=O) groups excluding carboxylic acids is 2. The number of piperidine rings is 1. The first-order valence-corrected chi connectivity index (χ1v) is 3.79. The molecule has 1 fully saturated rings. The fraction of sp³-hybridized carbons (Fsp3) is 0.714. The second-order valence-electron chi connectivity index (χ2n) is 2.79. The van der Waals surface area contributed by atoms with Gasteiger partial charge in [0, 0.05) is 6.54 Å². The summed E-state index contributed by atoms with van der Waals surface area (Å²) in [6.07, 6.45) is -1.65. The lowest BCUT2D eigenvalue weighted by atomic mass is 9.90. The number of hydrogen-bond donors (Lipinski definition) is 1. The molecule has 0 saturated carbocycles. The molecule has 1 rings (SSSR count). The number of hydrogen-bond acceptors (Lipinski definition) is 3. The van der Waals surface area contributed by atoms with Gasteiger partial charge in [0.2, 0.25) is 11.6 Å². The number of alkyl halides is 2. The summed E-state index contributed by atoms with van der Waals surface area (Å²) in [5, 5.41) is 2.25. The molecule has 13 heavy (non-hydrogen) atoms. The number of halogens is 2. The molecule has 0 spiro atoms. The van der Waals surface area contributed by atoms with E-state index in [-0.39, 0.29) is 6.42 Å². The van der Waals surface area contributed by atoms with Crippen LogP contribution in [0.15, 0.2) is 4.99 Å². The van der Waals surface area contributed by atoms with E-state index in [2.05, 4.69) is 10.3 Å². The maximum absolute atomic E-state index is 12.5. The minimum atomic E-state index is -2.96. The zero-order valence-corrected chi connectivity index (χ0v) is 6.72. The Morgan fingerprint density at radius 3 is 2.77 bits per heavy atom. The number of nitrogens with zero attached hydrogens (tertiary/aromatic N) is 1. The minimum absolute atomic E-state index is 0.105. The molecular weight excluding hydrogens is 182 g/mol. The molecule has 6 heteroatoms. The first-order valence-electron chi connectivity index (χ1n) is 3.79. The highest BCUT2D eigenvalue weighted by Crippen LogP contribution is 2.28. The van der Waals surface area contributed by atoms with Crippen LogP contribution in [-0.4, -0.2) is 30.5 Å². The molecule has 1 unspecified atom stereocenters. The highest BCUT2D eigenvalue weighted by Gasteiger charge is 2.49. The molecule has 0 radical (unpaired) electrons. The van der Waals surface area contributed by atoms with Crippen LogP contribution in [0.2, 0.25) is 0 Å². The molecule has 1 saturated heterocycles. The Morgan fingerprint density at radius 2 is 2.31 bits per heavy atom. The quantitative estimate of drug-likeness (QED) is 0.500. The molecule has 1 aliphatic rings. The van der Waals surface area contributed by atoms with Crippen LogP contribution in [0.4, 0.5) is 8.78 Å². The average molecular weight is 190 g/mol. The fourth-order valence-electron chi connectivity index (χ4n) is 1.27. The standard InChI is InChI=1S/C7H8F2N2O2/c8-5(9)7(11-4-12)2-1-3-10-6(7)13/h5H,1-3H2,(H,10,13). The van der Waals surface area contributed by atoms with Crippen molar-refractivity contribution in [2.24, 2.45) is 4.99 Å². The van der Waals surface area contributed by atoms with E-state index in [0.29, 0.717) is 13.0 Å². The highest BCUT2D eigenvalue weighted by molar-refractivity contribution is 5.88. The third kappa shape index (κ3) is 1.58. The Labute approximate surface area is 73.0 Å². The van der Waals surface area contributed by atoms with Crippen molar-refractivity contribution in [2.75, 3.05) is 6.54 Å². The predicted octanol–water partition coefficient (Wildman–Crippen LogP) is 0.236. The van der Waals surface area contributed by atoms with Crippen LogP contribution >= 0.6 is 0 Å². The zero-order valence-electron chi connectivity index (χ0n) is 6.72. The Bertz CT molecular complexity index is 263. The molecule has 0 aromatic heterocycles. The van der Waals surface area contributed by atoms with Gasteiger partial charge in [0.25, 0.3) is 12.3 Å². The van der Waals surface area contributed by atoms with Gasteiger partial charge in [-0.1, -0.05) is 0 Å². The summed E-state index contributed by atoms with van der Waals surface area (Å²) >= 11 is 0. The van der Waals surface area contributed by atoms with Crippen LogP contribution in [0.25, 0.3) is 0 Å². The van der Waals surface area contributed by atoms with Gasteiger partial charge in [-0.05, 0) is 12.8 Å². The molecule has 0 aromatic carbocycles. The summed E-state index contributed by atoms with van der Waals surface area (Å²) in [6, 6.07) is 0. The summed E-state index contributed by atoms with van der Waals surface area (Å²) in [5.41, 5.74) is -2.19.